The van der Waals surface area contributed by atoms with E-state index in [9.17, 15) is 29.4 Å². The maximum atomic E-state index is 13.2. The van der Waals surface area contributed by atoms with E-state index in [2.05, 4.69) is 16.0 Å². The molecule has 0 bridgehead atoms. The molecule has 0 saturated heterocycles. The average Bonchev–Trinajstić information content (AvgIpc) is 2.85. The Bertz CT molecular complexity index is 1150. The molecule has 2 aromatic rings. The largest absolute Gasteiger partial charge is 0.508 e. The molecular weight excluding hydrogens is 518 g/mol. The highest BCUT2D eigenvalue weighted by molar-refractivity contribution is 5.89. The molecule has 2 rings (SSSR count). The molecule has 218 valence electrons. The fourth-order valence-corrected chi connectivity index (χ4v) is 3.96. The Kier molecular flexibility index (Phi) is 11.8. The van der Waals surface area contributed by atoms with Crippen LogP contribution in [0.1, 0.15) is 55.9 Å². The highest BCUT2D eigenvalue weighted by Crippen LogP contribution is 2.22. The number of aromatic hydroxyl groups is 1. The van der Waals surface area contributed by atoms with E-state index in [1.54, 1.807) is 58.9 Å². The van der Waals surface area contributed by atoms with Crippen molar-refractivity contribution >= 4 is 24.1 Å². The molecule has 0 aliphatic rings. The molecule has 0 radical (unpaired) electrons. The molecule has 0 spiro atoms. The zero-order valence-corrected chi connectivity index (χ0v) is 23.6. The van der Waals surface area contributed by atoms with Gasteiger partial charge in [-0.2, -0.15) is 0 Å². The van der Waals surface area contributed by atoms with Crippen molar-refractivity contribution in [2.75, 3.05) is 6.54 Å². The smallest absolute Gasteiger partial charge is 0.408 e. The van der Waals surface area contributed by atoms with Crippen LogP contribution in [0.15, 0.2) is 42.5 Å². The number of carbonyl (C=O) groups is 4. The quantitative estimate of drug-likeness (QED) is 0.247. The SMILES string of the molecule is Cc1cc(O)cc(C)c1CC(NC(=O)C(CCCNC(=O)OC(C)(C)C)NC(=O)OCc1ccccc1)C(=O)O. The van der Waals surface area contributed by atoms with Gasteiger partial charge in [-0.05, 0) is 81.8 Å². The summed E-state index contributed by atoms with van der Waals surface area (Å²) in [6.07, 6.45) is -1.11. The molecule has 0 fully saturated rings. The molecule has 3 amide bonds. The van der Waals surface area contributed by atoms with Crippen LogP contribution in [0, 0.1) is 13.8 Å². The minimum atomic E-state index is -1.29. The van der Waals surface area contributed by atoms with Crippen LogP contribution in [0.3, 0.4) is 0 Å². The molecule has 5 N–H and O–H groups in total. The van der Waals surface area contributed by atoms with Gasteiger partial charge in [0, 0.05) is 13.0 Å². The lowest BCUT2D eigenvalue weighted by atomic mass is 9.95. The van der Waals surface area contributed by atoms with Gasteiger partial charge < -0.3 is 35.6 Å². The first kappa shape index (κ1) is 31.9. The van der Waals surface area contributed by atoms with Crippen LogP contribution in [0.2, 0.25) is 0 Å². The number of nitrogens with one attached hydrogen (secondary N) is 3. The Hall–Kier alpha value is -4.28. The molecule has 0 aliphatic heterocycles. The van der Waals surface area contributed by atoms with E-state index in [0.29, 0.717) is 16.7 Å². The first-order chi connectivity index (χ1) is 18.7. The predicted octanol–water partition coefficient (Wildman–Crippen LogP) is 3.72. The number of carboxylic acids is 1. The summed E-state index contributed by atoms with van der Waals surface area (Å²) in [7, 11) is 0. The highest BCUT2D eigenvalue weighted by atomic mass is 16.6. The fraction of sp³-hybridized carbons (Fsp3) is 0.448. The molecule has 40 heavy (non-hydrogen) atoms. The van der Waals surface area contributed by atoms with Crippen LogP contribution in [0.5, 0.6) is 5.75 Å². The third kappa shape index (κ3) is 11.2. The monoisotopic (exact) mass is 557 g/mol. The Morgan fingerprint density at radius 3 is 2.12 bits per heavy atom. The number of aryl methyl sites for hydroxylation is 2. The van der Waals surface area contributed by atoms with Crippen LogP contribution in [0.25, 0.3) is 0 Å². The zero-order chi connectivity index (χ0) is 29.9. The second-order valence-corrected chi connectivity index (χ2v) is 10.5. The fourth-order valence-electron chi connectivity index (χ4n) is 3.96. The van der Waals surface area contributed by atoms with Crippen LogP contribution in [0.4, 0.5) is 9.59 Å². The average molecular weight is 558 g/mol. The number of hydrogen-bond acceptors (Lipinski definition) is 7. The molecule has 2 unspecified atom stereocenters. The maximum Gasteiger partial charge on any atom is 0.408 e. The summed E-state index contributed by atoms with van der Waals surface area (Å²) in [5.41, 5.74) is 2.14. The van der Waals surface area contributed by atoms with Crippen LogP contribution < -0.4 is 16.0 Å². The third-order valence-electron chi connectivity index (χ3n) is 5.86. The highest BCUT2D eigenvalue weighted by Gasteiger charge is 2.28. The van der Waals surface area contributed by atoms with Crippen molar-refractivity contribution in [1.82, 2.24) is 16.0 Å². The number of phenols is 1. The normalized spacial score (nSPS) is 12.5. The van der Waals surface area contributed by atoms with Crippen LogP contribution in [-0.2, 0) is 32.1 Å². The summed E-state index contributed by atoms with van der Waals surface area (Å²) in [6, 6.07) is 9.61. The molecule has 0 saturated carbocycles. The number of carboxylic acid groups (broad SMARTS) is 1. The topological polar surface area (TPSA) is 163 Å². The van der Waals surface area contributed by atoms with Gasteiger partial charge in [-0.15, -0.1) is 0 Å². The number of phenolic OH excluding ortho intramolecular Hbond substituents is 1. The van der Waals surface area contributed by atoms with E-state index in [4.69, 9.17) is 9.47 Å². The van der Waals surface area contributed by atoms with E-state index < -0.39 is 41.7 Å². The van der Waals surface area contributed by atoms with Crippen LogP contribution >= 0.6 is 0 Å². The van der Waals surface area contributed by atoms with Gasteiger partial charge in [0.2, 0.25) is 5.91 Å². The standard InChI is InChI=1S/C29H39N3O8/c1-18-14-21(33)15-19(2)22(18)16-24(26(35)36)31-25(34)23(12-9-13-30-27(37)40-29(3,4)5)32-28(38)39-17-20-10-7-6-8-11-20/h6-8,10-11,14-15,23-24,33H,9,12-13,16-17H2,1-5H3,(H,30,37)(H,31,34)(H,32,38)(H,35,36). The zero-order valence-electron chi connectivity index (χ0n) is 23.6. The van der Waals surface area contributed by atoms with Crippen molar-refractivity contribution < 1.29 is 38.9 Å². The van der Waals surface area contributed by atoms with Gasteiger partial charge in [-0.25, -0.2) is 14.4 Å². The van der Waals surface area contributed by atoms with Crippen molar-refractivity contribution in [2.45, 2.75) is 78.2 Å². The molecule has 11 nitrogen and oxygen atoms in total. The molecule has 11 heteroatoms. The van der Waals surface area contributed by atoms with Crippen molar-refractivity contribution in [3.8, 4) is 5.75 Å². The molecular formula is C29H39N3O8. The second kappa shape index (κ2) is 14.8. The summed E-state index contributed by atoms with van der Waals surface area (Å²) in [5.74, 6) is -1.90. The lowest BCUT2D eigenvalue weighted by molar-refractivity contribution is -0.142. The summed E-state index contributed by atoms with van der Waals surface area (Å²) in [5, 5.41) is 27.2. The lowest BCUT2D eigenvalue weighted by Crippen LogP contribution is -2.52. The Labute approximate surface area is 234 Å². The first-order valence-electron chi connectivity index (χ1n) is 13.0. The van der Waals surface area contributed by atoms with Gasteiger partial charge in [0.15, 0.2) is 0 Å². The van der Waals surface area contributed by atoms with Crippen molar-refractivity contribution in [1.29, 1.82) is 0 Å². The number of rotatable bonds is 12. The van der Waals surface area contributed by atoms with E-state index >= 15 is 0 Å². The molecule has 0 aliphatic carbocycles. The number of aliphatic carboxylic acids is 1. The number of ether oxygens (including phenoxy) is 2. The first-order valence-corrected chi connectivity index (χ1v) is 13.0. The van der Waals surface area contributed by atoms with Gasteiger partial charge in [0.1, 0.15) is 30.0 Å². The van der Waals surface area contributed by atoms with Crippen molar-refractivity contribution in [3.05, 3.63) is 64.7 Å². The Morgan fingerprint density at radius 1 is 0.925 bits per heavy atom. The summed E-state index contributed by atoms with van der Waals surface area (Å²) in [4.78, 5) is 49.7. The van der Waals surface area contributed by atoms with Gasteiger partial charge in [-0.3, -0.25) is 4.79 Å². The van der Waals surface area contributed by atoms with Gasteiger partial charge >= 0.3 is 18.2 Å². The minimum absolute atomic E-state index is 0.0155. The van der Waals surface area contributed by atoms with Gasteiger partial charge in [-0.1, -0.05) is 30.3 Å². The second-order valence-electron chi connectivity index (χ2n) is 10.5. The Balaban J connectivity index is 2.08. The summed E-state index contributed by atoms with van der Waals surface area (Å²) in [6.45, 7) is 8.83. The summed E-state index contributed by atoms with van der Waals surface area (Å²) < 4.78 is 10.4. The molecule has 2 aromatic carbocycles. The number of alkyl carbamates (subject to hydrolysis) is 2. The molecule has 0 heterocycles. The molecule has 0 aromatic heterocycles. The minimum Gasteiger partial charge on any atom is -0.508 e. The molecule has 2 atom stereocenters. The maximum absolute atomic E-state index is 13.2. The third-order valence-corrected chi connectivity index (χ3v) is 5.86. The van der Waals surface area contributed by atoms with E-state index in [1.807, 2.05) is 6.07 Å². The van der Waals surface area contributed by atoms with Crippen molar-refractivity contribution in [3.63, 3.8) is 0 Å². The Morgan fingerprint density at radius 2 is 1.55 bits per heavy atom. The van der Waals surface area contributed by atoms with Crippen molar-refractivity contribution in [2.24, 2.45) is 0 Å². The number of benzene rings is 2. The number of hydrogen-bond donors (Lipinski definition) is 5. The number of carbonyl (C=O) groups excluding carboxylic acids is 3. The predicted molar refractivity (Wildman–Crippen MR) is 148 cm³/mol. The number of amides is 3. The van der Waals surface area contributed by atoms with Crippen LogP contribution in [-0.4, -0.2) is 58.5 Å². The summed E-state index contributed by atoms with van der Waals surface area (Å²) >= 11 is 0. The van der Waals surface area contributed by atoms with Gasteiger partial charge in [0.25, 0.3) is 0 Å². The van der Waals surface area contributed by atoms with E-state index in [1.165, 1.54) is 12.1 Å². The van der Waals surface area contributed by atoms with E-state index in [-0.39, 0.29) is 38.2 Å². The lowest BCUT2D eigenvalue weighted by Gasteiger charge is -2.23. The van der Waals surface area contributed by atoms with E-state index in [0.717, 1.165) is 5.56 Å². The van der Waals surface area contributed by atoms with Gasteiger partial charge in [0.05, 0.1) is 0 Å².